The van der Waals surface area contributed by atoms with Gasteiger partial charge in [-0.15, -0.1) is 11.3 Å². The number of benzene rings is 1. The summed E-state index contributed by atoms with van der Waals surface area (Å²) < 4.78 is 13.8. The Kier molecular flexibility index (Phi) is 5.07. The second kappa shape index (κ2) is 6.80. The fourth-order valence-corrected chi connectivity index (χ4v) is 2.57. The molecule has 0 saturated heterocycles. The van der Waals surface area contributed by atoms with E-state index in [1.54, 1.807) is 6.07 Å². The van der Waals surface area contributed by atoms with E-state index < -0.39 is 0 Å². The maximum absolute atomic E-state index is 13.8. The lowest BCUT2D eigenvalue weighted by Crippen LogP contribution is -2.25. The monoisotopic (exact) mass is 279 g/mol. The van der Waals surface area contributed by atoms with Gasteiger partial charge in [0.15, 0.2) is 0 Å². The number of aliphatic hydroxyl groups excluding tert-OH is 1. The van der Waals surface area contributed by atoms with Crippen LogP contribution in [0.5, 0.6) is 0 Å². The van der Waals surface area contributed by atoms with E-state index in [0.717, 1.165) is 16.9 Å². The minimum absolute atomic E-state index is 0.195. The van der Waals surface area contributed by atoms with Gasteiger partial charge in [-0.05, 0) is 35.6 Å². The van der Waals surface area contributed by atoms with Gasteiger partial charge in [-0.3, -0.25) is 0 Å². The van der Waals surface area contributed by atoms with Crippen LogP contribution in [0.15, 0.2) is 35.7 Å². The Hall–Kier alpha value is -1.23. The first-order chi connectivity index (χ1) is 9.20. The van der Waals surface area contributed by atoms with Crippen LogP contribution in [0.25, 0.3) is 10.4 Å². The molecule has 0 amide bonds. The molecule has 19 heavy (non-hydrogen) atoms. The van der Waals surface area contributed by atoms with Gasteiger partial charge in [0.2, 0.25) is 0 Å². The highest BCUT2D eigenvalue weighted by atomic mass is 32.1. The average molecular weight is 279 g/mol. The number of thiophene rings is 1. The zero-order valence-electron chi connectivity index (χ0n) is 10.9. The van der Waals surface area contributed by atoms with Crippen LogP contribution in [0.1, 0.15) is 18.9 Å². The van der Waals surface area contributed by atoms with Crippen LogP contribution in [-0.4, -0.2) is 17.8 Å². The number of rotatable bonds is 6. The van der Waals surface area contributed by atoms with E-state index in [0.29, 0.717) is 18.7 Å². The van der Waals surface area contributed by atoms with Crippen LogP contribution in [0, 0.1) is 5.82 Å². The summed E-state index contributed by atoms with van der Waals surface area (Å²) in [6.45, 7) is 3.14. The first-order valence-electron chi connectivity index (χ1n) is 6.41. The molecule has 1 heterocycles. The molecule has 1 unspecified atom stereocenters. The Labute approximate surface area is 116 Å². The van der Waals surface area contributed by atoms with Crippen LogP contribution in [0.3, 0.4) is 0 Å². The van der Waals surface area contributed by atoms with Gasteiger partial charge in [-0.1, -0.05) is 19.1 Å². The van der Waals surface area contributed by atoms with Crippen molar-refractivity contribution in [1.82, 2.24) is 5.32 Å². The third kappa shape index (κ3) is 3.86. The zero-order valence-corrected chi connectivity index (χ0v) is 11.7. The molecule has 0 aliphatic rings. The van der Waals surface area contributed by atoms with Crippen molar-refractivity contribution in [2.75, 3.05) is 6.54 Å². The van der Waals surface area contributed by atoms with Crippen LogP contribution in [-0.2, 0) is 6.54 Å². The molecule has 0 aliphatic heterocycles. The van der Waals surface area contributed by atoms with Crippen LogP contribution >= 0.6 is 11.3 Å². The van der Waals surface area contributed by atoms with Gasteiger partial charge in [0.25, 0.3) is 0 Å². The topological polar surface area (TPSA) is 32.3 Å². The van der Waals surface area contributed by atoms with Gasteiger partial charge in [-0.25, -0.2) is 4.39 Å². The molecule has 2 aromatic rings. The average Bonchev–Trinajstić information content (AvgIpc) is 2.94. The Morgan fingerprint density at radius 2 is 2.21 bits per heavy atom. The summed E-state index contributed by atoms with van der Waals surface area (Å²) in [5, 5.41) is 14.6. The van der Waals surface area contributed by atoms with Crippen molar-refractivity contribution in [1.29, 1.82) is 0 Å². The summed E-state index contributed by atoms with van der Waals surface area (Å²) in [5.74, 6) is -0.195. The maximum atomic E-state index is 13.8. The fourth-order valence-electron chi connectivity index (χ4n) is 1.83. The van der Waals surface area contributed by atoms with E-state index in [1.165, 1.54) is 17.4 Å². The molecule has 1 aromatic carbocycles. The Morgan fingerprint density at radius 3 is 2.89 bits per heavy atom. The van der Waals surface area contributed by atoms with E-state index in [2.05, 4.69) is 5.32 Å². The predicted octanol–water partition coefficient (Wildman–Crippen LogP) is 3.41. The molecule has 2 rings (SSSR count). The number of nitrogens with one attached hydrogen (secondary N) is 1. The van der Waals surface area contributed by atoms with Crippen molar-refractivity contribution in [2.45, 2.75) is 26.0 Å². The van der Waals surface area contributed by atoms with Gasteiger partial charge >= 0.3 is 0 Å². The number of halogens is 1. The maximum Gasteiger partial charge on any atom is 0.131 e. The Bertz CT molecular complexity index is 513. The summed E-state index contributed by atoms with van der Waals surface area (Å²) in [5.41, 5.74) is 1.67. The lowest BCUT2D eigenvalue weighted by atomic mass is 10.1. The minimum atomic E-state index is -0.322. The normalized spacial score (nSPS) is 12.6. The molecular formula is C15H18FNOS. The summed E-state index contributed by atoms with van der Waals surface area (Å²) in [7, 11) is 0. The van der Waals surface area contributed by atoms with Crippen LogP contribution in [0.2, 0.25) is 0 Å². The molecule has 0 aliphatic carbocycles. The summed E-state index contributed by atoms with van der Waals surface area (Å²) >= 11 is 1.53. The van der Waals surface area contributed by atoms with Crippen LogP contribution in [0.4, 0.5) is 4.39 Å². The molecule has 2 N–H and O–H groups in total. The highest BCUT2D eigenvalue weighted by Gasteiger charge is 2.07. The molecule has 0 bridgehead atoms. The SMILES string of the molecule is CCC(O)CNCc1ccc(F)c(-c2cccs2)c1. The van der Waals surface area contributed by atoms with Crippen molar-refractivity contribution in [3.05, 3.63) is 47.1 Å². The molecule has 1 aromatic heterocycles. The lowest BCUT2D eigenvalue weighted by Gasteiger charge is -2.10. The third-order valence-corrected chi connectivity index (χ3v) is 3.90. The predicted molar refractivity (Wildman–Crippen MR) is 77.7 cm³/mol. The molecule has 2 nitrogen and oxygen atoms in total. The van der Waals surface area contributed by atoms with Crippen molar-refractivity contribution in [3.8, 4) is 10.4 Å². The molecular weight excluding hydrogens is 261 g/mol. The first kappa shape index (κ1) is 14.2. The van der Waals surface area contributed by atoms with Crippen molar-refractivity contribution >= 4 is 11.3 Å². The van der Waals surface area contributed by atoms with E-state index in [1.807, 2.05) is 30.5 Å². The van der Waals surface area contributed by atoms with E-state index >= 15 is 0 Å². The third-order valence-electron chi connectivity index (χ3n) is 3.00. The van der Waals surface area contributed by atoms with E-state index in [9.17, 15) is 9.50 Å². The number of hydrogen-bond donors (Lipinski definition) is 2. The smallest absolute Gasteiger partial charge is 0.131 e. The Balaban J connectivity index is 2.05. The van der Waals surface area contributed by atoms with Gasteiger partial charge in [0.05, 0.1) is 6.10 Å². The first-order valence-corrected chi connectivity index (χ1v) is 7.29. The van der Waals surface area contributed by atoms with Crippen molar-refractivity contribution in [3.63, 3.8) is 0 Å². The molecule has 0 spiro atoms. The van der Waals surface area contributed by atoms with E-state index in [4.69, 9.17) is 0 Å². The van der Waals surface area contributed by atoms with Gasteiger partial charge in [0, 0.05) is 23.5 Å². The zero-order chi connectivity index (χ0) is 13.7. The molecule has 102 valence electrons. The minimum Gasteiger partial charge on any atom is -0.392 e. The van der Waals surface area contributed by atoms with Crippen LogP contribution < -0.4 is 5.32 Å². The summed E-state index contributed by atoms with van der Waals surface area (Å²) in [4.78, 5) is 0.938. The van der Waals surface area contributed by atoms with E-state index in [-0.39, 0.29) is 11.9 Å². The van der Waals surface area contributed by atoms with Crippen molar-refractivity contribution < 1.29 is 9.50 Å². The number of hydrogen-bond acceptors (Lipinski definition) is 3. The molecule has 4 heteroatoms. The standard InChI is InChI=1S/C15H18FNOS/c1-2-12(18)10-17-9-11-5-6-14(16)13(8-11)15-4-3-7-19-15/h3-8,12,17-18H,2,9-10H2,1H3. The van der Waals surface area contributed by atoms with Gasteiger partial charge in [0.1, 0.15) is 5.82 Å². The largest absolute Gasteiger partial charge is 0.392 e. The second-order valence-corrected chi connectivity index (χ2v) is 5.43. The van der Waals surface area contributed by atoms with Gasteiger partial charge < -0.3 is 10.4 Å². The Morgan fingerprint density at radius 1 is 1.37 bits per heavy atom. The van der Waals surface area contributed by atoms with Gasteiger partial charge in [-0.2, -0.15) is 0 Å². The van der Waals surface area contributed by atoms with Crippen molar-refractivity contribution in [2.24, 2.45) is 0 Å². The molecule has 0 saturated carbocycles. The molecule has 0 fully saturated rings. The highest BCUT2D eigenvalue weighted by Crippen LogP contribution is 2.28. The second-order valence-electron chi connectivity index (χ2n) is 4.48. The lowest BCUT2D eigenvalue weighted by molar-refractivity contribution is 0.167. The summed E-state index contributed by atoms with van der Waals surface area (Å²) in [6, 6.07) is 8.98. The fraction of sp³-hybridized carbons (Fsp3) is 0.333. The highest BCUT2D eigenvalue weighted by molar-refractivity contribution is 7.13. The molecule has 1 atom stereocenters. The quantitative estimate of drug-likeness (QED) is 0.849. The summed E-state index contributed by atoms with van der Waals surface area (Å²) in [6.07, 6.45) is 0.411. The molecule has 0 radical (unpaired) electrons. The number of aliphatic hydroxyl groups is 1.